The first kappa shape index (κ1) is 21.1. The second kappa shape index (κ2) is 12.7. The summed E-state index contributed by atoms with van der Waals surface area (Å²) in [6.07, 6.45) is 5.35. The molecule has 0 aromatic heterocycles. The zero-order valence-corrected chi connectivity index (χ0v) is 14.4. The van der Waals surface area contributed by atoms with Crippen molar-refractivity contribution in [1.82, 2.24) is 0 Å². The Labute approximate surface area is 138 Å². The summed E-state index contributed by atoms with van der Waals surface area (Å²) in [7, 11) is 0. The molecule has 0 aromatic carbocycles. The fourth-order valence-corrected chi connectivity index (χ4v) is 1.86. The van der Waals surface area contributed by atoms with Gasteiger partial charge >= 0.3 is 17.9 Å². The minimum atomic E-state index is -1.02. The van der Waals surface area contributed by atoms with Gasteiger partial charge in [-0.3, -0.25) is 9.59 Å². The van der Waals surface area contributed by atoms with Crippen LogP contribution >= 0.6 is 0 Å². The van der Waals surface area contributed by atoms with E-state index in [0.29, 0.717) is 6.61 Å². The van der Waals surface area contributed by atoms with Crippen LogP contribution in [0.3, 0.4) is 0 Å². The van der Waals surface area contributed by atoms with E-state index in [4.69, 9.17) is 9.47 Å². The molecule has 0 aliphatic rings. The molecule has 1 atom stereocenters. The van der Waals surface area contributed by atoms with Crippen LogP contribution in [-0.2, 0) is 28.6 Å². The van der Waals surface area contributed by atoms with Crippen molar-refractivity contribution in [3.05, 3.63) is 12.2 Å². The van der Waals surface area contributed by atoms with Crippen LogP contribution in [0.2, 0.25) is 0 Å². The van der Waals surface area contributed by atoms with Gasteiger partial charge in [-0.15, -0.1) is 0 Å². The van der Waals surface area contributed by atoms with Gasteiger partial charge < -0.3 is 14.2 Å². The van der Waals surface area contributed by atoms with E-state index in [0.717, 1.165) is 19.3 Å². The number of hydrogen-bond donors (Lipinski definition) is 0. The van der Waals surface area contributed by atoms with E-state index in [1.165, 1.54) is 33.1 Å². The van der Waals surface area contributed by atoms with E-state index >= 15 is 0 Å². The molecule has 0 aromatic rings. The largest absolute Gasteiger partial charge is 0.465 e. The molecule has 0 heterocycles. The second-order valence-corrected chi connectivity index (χ2v) is 5.35. The van der Waals surface area contributed by atoms with Crippen LogP contribution in [0.15, 0.2) is 12.2 Å². The first-order valence-electron chi connectivity index (χ1n) is 8.08. The third-order valence-electron chi connectivity index (χ3n) is 3.01. The van der Waals surface area contributed by atoms with E-state index in [-0.39, 0.29) is 12.0 Å². The van der Waals surface area contributed by atoms with Crippen LogP contribution in [0.1, 0.15) is 65.7 Å². The summed E-state index contributed by atoms with van der Waals surface area (Å²) < 4.78 is 14.5. The summed E-state index contributed by atoms with van der Waals surface area (Å²) in [6, 6.07) is 0. The minimum Gasteiger partial charge on any atom is -0.465 e. The number of carbonyl (C=O) groups is 3. The number of carbonyl (C=O) groups excluding carboxylic acids is 3. The van der Waals surface area contributed by atoms with E-state index in [1.807, 2.05) is 0 Å². The Balaban J connectivity index is 3.81. The topological polar surface area (TPSA) is 78.9 Å². The average molecular weight is 328 g/mol. The third kappa shape index (κ3) is 12.4. The van der Waals surface area contributed by atoms with Crippen LogP contribution in [-0.4, -0.2) is 30.8 Å². The molecule has 0 N–H and O–H groups in total. The zero-order chi connectivity index (χ0) is 17.7. The fraction of sp³-hybridized carbons (Fsp3) is 0.706. The van der Waals surface area contributed by atoms with E-state index in [9.17, 15) is 14.4 Å². The average Bonchev–Trinajstić information content (AvgIpc) is 2.45. The molecule has 0 fully saturated rings. The van der Waals surface area contributed by atoms with Crippen molar-refractivity contribution < 1.29 is 28.6 Å². The van der Waals surface area contributed by atoms with Gasteiger partial charge in [0.05, 0.1) is 13.0 Å². The number of hydrogen-bond acceptors (Lipinski definition) is 6. The SMILES string of the molecule is C=C(CC(=O)OCCCCCCCC)C(=O)OC(C)OC(C)=O. The second-order valence-electron chi connectivity index (χ2n) is 5.35. The molecule has 0 amide bonds. The van der Waals surface area contributed by atoms with E-state index in [2.05, 4.69) is 18.2 Å². The number of ether oxygens (including phenoxy) is 3. The summed E-state index contributed by atoms with van der Waals surface area (Å²) >= 11 is 0. The fourth-order valence-electron chi connectivity index (χ4n) is 1.86. The maximum absolute atomic E-state index is 11.6. The molecule has 0 aliphatic heterocycles. The Kier molecular flexibility index (Phi) is 11.7. The van der Waals surface area contributed by atoms with Gasteiger partial charge in [0.15, 0.2) is 0 Å². The molecule has 6 heteroatoms. The number of unbranched alkanes of at least 4 members (excludes halogenated alkanes) is 5. The maximum Gasteiger partial charge on any atom is 0.337 e. The lowest BCUT2D eigenvalue weighted by Crippen LogP contribution is -2.22. The van der Waals surface area contributed by atoms with Gasteiger partial charge in [-0.25, -0.2) is 4.79 Å². The molecule has 132 valence electrons. The maximum atomic E-state index is 11.6. The molecular weight excluding hydrogens is 300 g/mol. The Morgan fingerprint density at radius 3 is 2.22 bits per heavy atom. The molecule has 0 aliphatic carbocycles. The highest BCUT2D eigenvalue weighted by Gasteiger charge is 2.18. The molecule has 0 saturated carbocycles. The zero-order valence-electron chi connectivity index (χ0n) is 14.4. The molecule has 1 unspecified atom stereocenters. The van der Waals surface area contributed by atoms with Crippen LogP contribution in [0.4, 0.5) is 0 Å². The molecule has 0 bridgehead atoms. The lowest BCUT2D eigenvalue weighted by Gasteiger charge is -2.13. The predicted molar refractivity (Wildman–Crippen MR) is 85.4 cm³/mol. The highest BCUT2D eigenvalue weighted by Crippen LogP contribution is 2.08. The monoisotopic (exact) mass is 328 g/mol. The van der Waals surface area contributed by atoms with Crippen molar-refractivity contribution in [1.29, 1.82) is 0 Å². The Morgan fingerprint density at radius 2 is 1.61 bits per heavy atom. The molecule has 0 saturated heterocycles. The van der Waals surface area contributed by atoms with Gasteiger partial charge in [-0.2, -0.15) is 0 Å². The normalized spacial score (nSPS) is 11.4. The van der Waals surface area contributed by atoms with Gasteiger partial charge in [0.2, 0.25) is 6.29 Å². The Bertz CT molecular complexity index is 402. The van der Waals surface area contributed by atoms with Crippen LogP contribution in [0, 0.1) is 0 Å². The van der Waals surface area contributed by atoms with Crippen LogP contribution < -0.4 is 0 Å². The lowest BCUT2D eigenvalue weighted by molar-refractivity contribution is -0.180. The summed E-state index contributed by atoms with van der Waals surface area (Å²) in [5, 5.41) is 0. The van der Waals surface area contributed by atoms with Gasteiger partial charge in [0.25, 0.3) is 0 Å². The standard InChI is InChI=1S/C17H28O6/c1-5-6-7-8-9-10-11-21-16(19)12-13(2)17(20)23-15(4)22-14(3)18/h15H,2,5-12H2,1,3-4H3. The van der Waals surface area contributed by atoms with Crippen LogP contribution in [0.25, 0.3) is 0 Å². The van der Waals surface area contributed by atoms with Gasteiger partial charge in [0.1, 0.15) is 0 Å². The van der Waals surface area contributed by atoms with Crippen molar-refractivity contribution in [3.8, 4) is 0 Å². The van der Waals surface area contributed by atoms with Crippen molar-refractivity contribution in [2.24, 2.45) is 0 Å². The third-order valence-corrected chi connectivity index (χ3v) is 3.01. The van der Waals surface area contributed by atoms with E-state index in [1.54, 1.807) is 0 Å². The summed E-state index contributed by atoms with van der Waals surface area (Å²) in [6.45, 7) is 8.61. The predicted octanol–water partition coefficient (Wildman–Crippen LogP) is 3.29. The van der Waals surface area contributed by atoms with Crippen LogP contribution in [0.5, 0.6) is 0 Å². The first-order valence-corrected chi connectivity index (χ1v) is 8.08. The highest BCUT2D eigenvalue weighted by molar-refractivity contribution is 5.93. The molecular formula is C17H28O6. The van der Waals surface area contributed by atoms with Gasteiger partial charge in [-0.05, 0) is 6.42 Å². The summed E-state index contributed by atoms with van der Waals surface area (Å²) in [4.78, 5) is 33.9. The van der Waals surface area contributed by atoms with Crippen molar-refractivity contribution in [2.45, 2.75) is 72.0 Å². The lowest BCUT2D eigenvalue weighted by atomic mass is 10.1. The molecule has 23 heavy (non-hydrogen) atoms. The highest BCUT2D eigenvalue weighted by atomic mass is 16.7. The molecule has 0 rings (SSSR count). The molecule has 6 nitrogen and oxygen atoms in total. The van der Waals surface area contributed by atoms with Gasteiger partial charge in [-0.1, -0.05) is 45.6 Å². The Hall–Kier alpha value is -1.85. The van der Waals surface area contributed by atoms with Crippen molar-refractivity contribution >= 4 is 17.9 Å². The number of rotatable bonds is 12. The van der Waals surface area contributed by atoms with E-state index < -0.39 is 24.2 Å². The summed E-state index contributed by atoms with van der Waals surface area (Å²) in [5.74, 6) is -1.86. The minimum absolute atomic E-state index is 0.0306. The smallest absolute Gasteiger partial charge is 0.337 e. The van der Waals surface area contributed by atoms with Gasteiger partial charge in [0, 0.05) is 19.4 Å². The first-order chi connectivity index (χ1) is 10.9. The summed E-state index contributed by atoms with van der Waals surface area (Å²) in [5.41, 5.74) is -0.0306. The Morgan fingerprint density at radius 1 is 1.00 bits per heavy atom. The van der Waals surface area contributed by atoms with Crippen molar-refractivity contribution in [3.63, 3.8) is 0 Å². The molecule has 0 spiro atoms. The molecule has 0 radical (unpaired) electrons. The van der Waals surface area contributed by atoms with Crippen molar-refractivity contribution in [2.75, 3.05) is 6.61 Å². The quantitative estimate of drug-likeness (QED) is 0.237. The number of esters is 3.